The highest BCUT2D eigenvalue weighted by atomic mass is 16.4. The van der Waals surface area contributed by atoms with Crippen LogP contribution >= 0.6 is 0 Å². The Hall–Kier alpha value is -2.10. The Labute approximate surface area is 86.5 Å². The summed E-state index contributed by atoms with van der Waals surface area (Å²) in [6.07, 6.45) is 3.11. The van der Waals surface area contributed by atoms with Gasteiger partial charge in [-0.05, 0) is 17.7 Å². The SMILES string of the molecule is O=C(O)CC=Cc1ccc(C(=O)O)cc1. The molecular weight excluding hydrogens is 196 g/mol. The third-order valence-corrected chi connectivity index (χ3v) is 1.76. The van der Waals surface area contributed by atoms with Crippen molar-refractivity contribution in [2.75, 3.05) is 0 Å². The van der Waals surface area contributed by atoms with Gasteiger partial charge in [0.25, 0.3) is 0 Å². The lowest BCUT2D eigenvalue weighted by Crippen LogP contribution is -1.94. The number of rotatable bonds is 4. The lowest BCUT2D eigenvalue weighted by atomic mass is 10.1. The first-order valence-electron chi connectivity index (χ1n) is 4.31. The van der Waals surface area contributed by atoms with Crippen LogP contribution in [0.5, 0.6) is 0 Å². The molecular formula is C11H10O4. The molecule has 0 unspecified atom stereocenters. The zero-order chi connectivity index (χ0) is 11.3. The van der Waals surface area contributed by atoms with E-state index in [0.29, 0.717) is 0 Å². The van der Waals surface area contributed by atoms with Crippen LogP contribution in [0.3, 0.4) is 0 Å². The summed E-state index contributed by atoms with van der Waals surface area (Å²) in [6.45, 7) is 0. The molecule has 4 heteroatoms. The second kappa shape index (κ2) is 4.95. The van der Waals surface area contributed by atoms with E-state index >= 15 is 0 Å². The van der Waals surface area contributed by atoms with Gasteiger partial charge in [-0.25, -0.2) is 4.79 Å². The average Bonchev–Trinajstić information content (AvgIpc) is 2.18. The fourth-order valence-electron chi connectivity index (χ4n) is 1.03. The van der Waals surface area contributed by atoms with Crippen molar-refractivity contribution in [2.24, 2.45) is 0 Å². The quantitative estimate of drug-likeness (QED) is 0.788. The van der Waals surface area contributed by atoms with Crippen LogP contribution in [0.2, 0.25) is 0 Å². The minimum Gasteiger partial charge on any atom is -0.481 e. The Morgan fingerprint density at radius 2 is 1.73 bits per heavy atom. The number of carbonyl (C=O) groups is 2. The van der Waals surface area contributed by atoms with Crippen LogP contribution in [-0.2, 0) is 4.79 Å². The van der Waals surface area contributed by atoms with Crippen molar-refractivity contribution in [3.63, 3.8) is 0 Å². The molecule has 0 radical (unpaired) electrons. The minimum absolute atomic E-state index is 0.0410. The van der Waals surface area contributed by atoms with Crippen LogP contribution in [0.15, 0.2) is 30.3 Å². The first-order chi connectivity index (χ1) is 7.09. The molecule has 0 amide bonds. The zero-order valence-electron chi connectivity index (χ0n) is 7.88. The third kappa shape index (κ3) is 3.64. The van der Waals surface area contributed by atoms with Gasteiger partial charge < -0.3 is 10.2 Å². The molecule has 78 valence electrons. The molecule has 0 aliphatic rings. The molecule has 0 heterocycles. The molecule has 0 aliphatic heterocycles. The highest BCUT2D eigenvalue weighted by molar-refractivity contribution is 5.87. The molecule has 0 bridgehead atoms. The van der Waals surface area contributed by atoms with Gasteiger partial charge in [-0.1, -0.05) is 24.3 Å². The molecule has 2 N–H and O–H groups in total. The smallest absolute Gasteiger partial charge is 0.335 e. The van der Waals surface area contributed by atoms with Crippen molar-refractivity contribution < 1.29 is 19.8 Å². The van der Waals surface area contributed by atoms with E-state index in [1.54, 1.807) is 18.2 Å². The van der Waals surface area contributed by atoms with Crippen LogP contribution in [0.4, 0.5) is 0 Å². The van der Waals surface area contributed by atoms with Gasteiger partial charge in [0.1, 0.15) is 0 Å². The molecule has 1 aromatic rings. The van der Waals surface area contributed by atoms with Gasteiger partial charge in [0.2, 0.25) is 0 Å². The summed E-state index contributed by atoms with van der Waals surface area (Å²) < 4.78 is 0. The van der Waals surface area contributed by atoms with Gasteiger partial charge in [0.15, 0.2) is 0 Å². The van der Waals surface area contributed by atoms with E-state index in [4.69, 9.17) is 10.2 Å². The van der Waals surface area contributed by atoms with Gasteiger partial charge in [-0.2, -0.15) is 0 Å². The van der Waals surface area contributed by atoms with Crippen molar-refractivity contribution in [1.29, 1.82) is 0 Å². The molecule has 1 rings (SSSR count). The first kappa shape index (κ1) is 11.0. The molecule has 0 aromatic heterocycles. The largest absolute Gasteiger partial charge is 0.481 e. The van der Waals surface area contributed by atoms with Crippen molar-refractivity contribution >= 4 is 18.0 Å². The summed E-state index contributed by atoms with van der Waals surface area (Å²) in [5.41, 5.74) is 0.992. The molecule has 0 fully saturated rings. The van der Waals surface area contributed by atoms with Crippen LogP contribution in [0.1, 0.15) is 22.3 Å². The van der Waals surface area contributed by atoms with Crippen molar-refractivity contribution in [2.45, 2.75) is 6.42 Å². The van der Waals surface area contributed by atoms with Gasteiger partial charge in [0, 0.05) is 0 Å². The maximum atomic E-state index is 10.5. The summed E-state index contributed by atoms with van der Waals surface area (Å²) in [5, 5.41) is 17.0. The molecule has 0 atom stereocenters. The third-order valence-electron chi connectivity index (χ3n) is 1.76. The monoisotopic (exact) mass is 206 g/mol. The van der Waals surface area contributed by atoms with Crippen molar-refractivity contribution in [3.8, 4) is 0 Å². The maximum absolute atomic E-state index is 10.5. The minimum atomic E-state index is -0.976. The Morgan fingerprint density at radius 1 is 1.13 bits per heavy atom. The highest BCUT2D eigenvalue weighted by Gasteiger charge is 1.99. The van der Waals surface area contributed by atoms with Crippen LogP contribution in [0, 0.1) is 0 Å². The number of carboxylic acids is 2. The fourth-order valence-corrected chi connectivity index (χ4v) is 1.03. The Balaban J connectivity index is 2.68. The summed E-state index contributed by atoms with van der Waals surface area (Å²) >= 11 is 0. The maximum Gasteiger partial charge on any atom is 0.335 e. The van der Waals surface area contributed by atoms with E-state index in [0.717, 1.165) is 5.56 Å². The number of aromatic carboxylic acids is 1. The normalized spacial score (nSPS) is 10.4. The Kier molecular flexibility index (Phi) is 3.62. The lowest BCUT2D eigenvalue weighted by Gasteiger charge is -1.95. The van der Waals surface area contributed by atoms with E-state index < -0.39 is 11.9 Å². The zero-order valence-corrected chi connectivity index (χ0v) is 7.88. The molecule has 1 aromatic carbocycles. The molecule has 0 aliphatic carbocycles. The number of benzene rings is 1. The van der Waals surface area contributed by atoms with Crippen LogP contribution in [-0.4, -0.2) is 22.2 Å². The molecule has 15 heavy (non-hydrogen) atoms. The highest BCUT2D eigenvalue weighted by Crippen LogP contribution is 2.06. The Morgan fingerprint density at radius 3 is 2.20 bits per heavy atom. The number of carboxylic acid groups (broad SMARTS) is 2. The molecule has 0 saturated carbocycles. The van der Waals surface area contributed by atoms with Crippen LogP contribution < -0.4 is 0 Å². The average molecular weight is 206 g/mol. The van der Waals surface area contributed by atoms with Gasteiger partial charge in [-0.15, -0.1) is 0 Å². The number of hydrogen-bond acceptors (Lipinski definition) is 2. The predicted molar refractivity (Wildman–Crippen MR) is 54.7 cm³/mol. The predicted octanol–water partition coefficient (Wildman–Crippen LogP) is 1.87. The summed E-state index contributed by atoms with van der Waals surface area (Å²) in [4.78, 5) is 20.7. The molecule has 4 nitrogen and oxygen atoms in total. The Bertz CT molecular complexity index is 390. The second-order valence-corrected chi connectivity index (χ2v) is 2.93. The summed E-state index contributed by atoms with van der Waals surface area (Å²) in [6, 6.07) is 6.20. The molecule has 0 spiro atoms. The van der Waals surface area contributed by atoms with Gasteiger partial charge >= 0.3 is 11.9 Å². The van der Waals surface area contributed by atoms with E-state index in [9.17, 15) is 9.59 Å². The van der Waals surface area contributed by atoms with Crippen molar-refractivity contribution in [1.82, 2.24) is 0 Å². The van der Waals surface area contributed by atoms with E-state index in [2.05, 4.69) is 0 Å². The second-order valence-electron chi connectivity index (χ2n) is 2.93. The fraction of sp³-hybridized carbons (Fsp3) is 0.0909. The van der Waals surface area contributed by atoms with Crippen LogP contribution in [0.25, 0.3) is 6.08 Å². The number of hydrogen-bond donors (Lipinski definition) is 2. The first-order valence-corrected chi connectivity index (χ1v) is 4.31. The van der Waals surface area contributed by atoms with Gasteiger partial charge in [0.05, 0.1) is 12.0 Å². The van der Waals surface area contributed by atoms with E-state index in [-0.39, 0.29) is 12.0 Å². The van der Waals surface area contributed by atoms with Crippen molar-refractivity contribution in [3.05, 3.63) is 41.5 Å². The molecule has 0 saturated heterocycles. The van der Waals surface area contributed by atoms with Gasteiger partial charge in [-0.3, -0.25) is 4.79 Å². The topological polar surface area (TPSA) is 74.6 Å². The summed E-state index contributed by atoms with van der Waals surface area (Å²) in [5.74, 6) is -1.87. The lowest BCUT2D eigenvalue weighted by molar-refractivity contribution is -0.135. The standard InChI is InChI=1S/C11H10O4/c12-10(13)3-1-2-8-4-6-9(7-5-8)11(14)15/h1-2,4-7H,3H2,(H,12,13)(H,14,15). The van der Waals surface area contributed by atoms with E-state index in [1.165, 1.54) is 18.2 Å². The number of aliphatic carboxylic acids is 1. The summed E-state index contributed by atoms with van der Waals surface area (Å²) in [7, 11) is 0. The van der Waals surface area contributed by atoms with E-state index in [1.807, 2.05) is 0 Å².